The Kier molecular flexibility index (Phi) is 5.72. The summed E-state index contributed by atoms with van der Waals surface area (Å²) in [5.74, 6) is -0.661. The van der Waals surface area contributed by atoms with Gasteiger partial charge < -0.3 is 9.80 Å². The van der Waals surface area contributed by atoms with Crippen molar-refractivity contribution in [3.05, 3.63) is 77.4 Å². The zero-order valence-corrected chi connectivity index (χ0v) is 13.8. The Labute approximate surface area is 142 Å². The van der Waals surface area contributed by atoms with Gasteiger partial charge in [0, 0.05) is 5.56 Å². The normalized spacial score (nSPS) is 21.2. The molecule has 0 atom stereocenters. The summed E-state index contributed by atoms with van der Waals surface area (Å²) in [5, 5.41) is 0. The Hall–Kier alpha value is -2.04. The predicted molar refractivity (Wildman–Crippen MR) is 91.8 cm³/mol. The Bertz CT molecular complexity index is 677. The van der Waals surface area contributed by atoms with Crippen LogP contribution in [0.4, 0.5) is 8.78 Å². The van der Waals surface area contributed by atoms with Gasteiger partial charge in [0.15, 0.2) is 0 Å². The summed E-state index contributed by atoms with van der Waals surface area (Å²) < 4.78 is 27.0. The lowest BCUT2D eigenvalue weighted by Crippen LogP contribution is -3.27. The highest BCUT2D eigenvalue weighted by Gasteiger charge is 2.23. The fraction of sp³-hybridized carbons (Fsp3) is 0.300. The molecule has 3 rings (SSSR count). The number of piperazine rings is 1. The lowest BCUT2D eigenvalue weighted by atomic mass is 10.1. The van der Waals surface area contributed by atoms with E-state index >= 15 is 0 Å². The molecule has 0 unspecified atom stereocenters. The third-order valence-corrected chi connectivity index (χ3v) is 4.63. The van der Waals surface area contributed by atoms with Crippen LogP contribution in [0, 0.1) is 11.6 Å². The van der Waals surface area contributed by atoms with Crippen LogP contribution >= 0.6 is 0 Å². The lowest BCUT2D eigenvalue weighted by molar-refractivity contribution is -1.02. The molecule has 1 saturated heterocycles. The van der Waals surface area contributed by atoms with Crippen LogP contribution in [0.15, 0.2) is 54.6 Å². The summed E-state index contributed by atoms with van der Waals surface area (Å²) in [6.07, 6.45) is 4.39. The molecule has 2 aromatic rings. The summed E-state index contributed by atoms with van der Waals surface area (Å²) in [4.78, 5) is 2.88. The molecular weight excluding hydrogens is 306 g/mol. The molecule has 2 aromatic carbocycles. The summed E-state index contributed by atoms with van der Waals surface area (Å²) in [6, 6.07) is 14.0. The zero-order valence-electron chi connectivity index (χ0n) is 13.8. The van der Waals surface area contributed by atoms with Gasteiger partial charge in [-0.2, -0.15) is 0 Å². The molecule has 126 valence electrons. The van der Waals surface area contributed by atoms with Gasteiger partial charge in [-0.05, 0) is 29.8 Å². The summed E-state index contributed by atoms with van der Waals surface area (Å²) in [7, 11) is 0. The Morgan fingerprint density at radius 2 is 1.58 bits per heavy atom. The van der Waals surface area contributed by atoms with E-state index in [1.54, 1.807) is 4.90 Å². The monoisotopic (exact) mass is 330 g/mol. The van der Waals surface area contributed by atoms with Crippen molar-refractivity contribution in [1.29, 1.82) is 0 Å². The molecule has 1 aliphatic rings. The average Bonchev–Trinajstić information content (AvgIpc) is 2.61. The molecule has 0 aromatic heterocycles. The highest BCUT2D eigenvalue weighted by atomic mass is 19.1. The number of benzene rings is 2. The van der Waals surface area contributed by atoms with Crippen LogP contribution in [0.25, 0.3) is 6.08 Å². The van der Waals surface area contributed by atoms with E-state index in [1.807, 2.05) is 18.2 Å². The van der Waals surface area contributed by atoms with Gasteiger partial charge >= 0.3 is 0 Å². The fourth-order valence-electron chi connectivity index (χ4n) is 3.21. The molecule has 0 aliphatic carbocycles. The van der Waals surface area contributed by atoms with Crippen molar-refractivity contribution in [3.8, 4) is 0 Å². The van der Waals surface area contributed by atoms with Crippen LogP contribution in [-0.4, -0.2) is 32.7 Å². The second-order valence-corrected chi connectivity index (χ2v) is 6.43. The third kappa shape index (κ3) is 4.73. The van der Waals surface area contributed by atoms with E-state index in [9.17, 15) is 8.78 Å². The number of hydrogen-bond donors (Lipinski definition) is 2. The average molecular weight is 330 g/mol. The van der Waals surface area contributed by atoms with Crippen LogP contribution in [0.5, 0.6) is 0 Å². The number of quaternary nitrogens is 2. The van der Waals surface area contributed by atoms with Crippen molar-refractivity contribution in [2.75, 3.05) is 32.7 Å². The molecule has 1 aliphatic heterocycles. The summed E-state index contributed by atoms with van der Waals surface area (Å²) >= 11 is 0. The molecule has 1 fully saturated rings. The molecule has 2 N–H and O–H groups in total. The molecule has 0 saturated carbocycles. The van der Waals surface area contributed by atoms with Crippen molar-refractivity contribution in [2.24, 2.45) is 0 Å². The van der Waals surface area contributed by atoms with Crippen molar-refractivity contribution in [3.63, 3.8) is 0 Å². The number of rotatable bonds is 5. The van der Waals surface area contributed by atoms with Crippen LogP contribution < -0.4 is 9.80 Å². The second kappa shape index (κ2) is 8.18. The van der Waals surface area contributed by atoms with Gasteiger partial charge in [0.25, 0.3) is 0 Å². The van der Waals surface area contributed by atoms with Crippen LogP contribution in [0.3, 0.4) is 0 Å². The van der Waals surface area contributed by atoms with E-state index in [1.165, 1.54) is 28.7 Å². The topological polar surface area (TPSA) is 8.88 Å². The third-order valence-electron chi connectivity index (χ3n) is 4.63. The standard InChI is InChI=1S/C20H22F2N2/c21-19-8-9-20(22)18(15-19)16-24-13-11-23(12-14-24)10-4-7-17-5-2-1-3-6-17/h1-9,15H,10-14,16H2/p+2/b7-4+. The molecule has 1 heterocycles. The van der Waals surface area contributed by atoms with Gasteiger partial charge in [-0.15, -0.1) is 0 Å². The minimum absolute atomic E-state index is 0.301. The van der Waals surface area contributed by atoms with Gasteiger partial charge in [-0.1, -0.05) is 36.4 Å². The molecule has 0 amide bonds. The van der Waals surface area contributed by atoms with Gasteiger partial charge in [0.1, 0.15) is 44.4 Å². The molecule has 2 nitrogen and oxygen atoms in total. The SMILES string of the molecule is Fc1ccc(F)c(C[NH+]2CC[NH+](C/C=C/c3ccccc3)CC2)c1. The number of halogens is 2. The van der Waals surface area contributed by atoms with Gasteiger partial charge in [-0.3, -0.25) is 0 Å². The van der Waals surface area contributed by atoms with Crippen molar-refractivity contribution in [2.45, 2.75) is 6.54 Å². The summed E-state index contributed by atoms with van der Waals surface area (Å²) in [6.45, 7) is 5.68. The maximum absolute atomic E-state index is 13.7. The molecule has 24 heavy (non-hydrogen) atoms. The molecule has 4 heteroatoms. The van der Waals surface area contributed by atoms with Crippen LogP contribution in [0.1, 0.15) is 11.1 Å². The minimum Gasteiger partial charge on any atom is -0.322 e. The first-order chi connectivity index (χ1) is 11.7. The number of hydrogen-bond acceptors (Lipinski definition) is 0. The first-order valence-electron chi connectivity index (χ1n) is 8.53. The molecule has 0 spiro atoms. The second-order valence-electron chi connectivity index (χ2n) is 6.43. The van der Waals surface area contributed by atoms with E-state index in [4.69, 9.17) is 0 Å². The Morgan fingerprint density at radius 3 is 2.33 bits per heavy atom. The van der Waals surface area contributed by atoms with Crippen molar-refractivity contribution >= 4 is 6.08 Å². The van der Waals surface area contributed by atoms with E-state index in [2.05, 4.69) is 24.3 Å². The maximum Gasteiger partial charge on any atom is 0.132 e. The first kappa shape index (κ1) is 16.8. The summed E-state index contributed by atoms with van der Waals surface area (Å²) in [5.41, 5.74) is 1.71. The lowest BCUT2D eigenvalue weighted by Gasteiger charge is -2.29. The highest BCUT2D eigenvalue weighted by Crippen LogP contribution is 2.08. The van der Waals surface area contributed by atoms with Gasteiger partial charge in [0.05, 0.1) is 6.54 Å². The largest absolute Gasteiger partial charge is 0.322 e. The quantitative estimate of drug-likeness (QED) is 0.808. The maximum atomic E-state index is 13.7. The van der Waals surface area contributed by atoms with Crippen molar-refractivity contribution in [1.82, 2.24) is 0 Å². The van der Waals surface area contributed by atoms with E-state index in [-0.39, 0.29) is 11.6 Å². The van der Waals surface area contributed by atoms with E-state index < -0.39 is 0 Å². The van der Waals surface area contributed by atoms with E-state index in [0.29, 0.717) is 12.1 Å². The Balaban J connectivity index is 1.46. The predicted octanol–water partition coefficient (Wildman–Crippen LogP) is 0.962. The zero-order chi connectivity index (χ0) is 16.8. The van der Waals surface area contributed by atoms with Gasteiger partial charge in [0.2, 0.25) is 0 Å². The van der Waals surface area contributed by atoms with Crippen LogP contribution in [-0.2, 0) is 6.54 Å². The molecule has 0 bridgehead atoms. The minimum atomic E-state index is -0.360. The fourth-order valence-corrected chi connectivity index (χ4v) is 3.21. The van der Waals surface area contributed by atoms with Crippen LogP contribution in [0.2, 0.25) is 0 Å². The molecule has 0 radical (unpaired) electrons. The smallest absolute Gasteiger partial charge is 0.132 e. The van der Waals surface area contributed by atoms with Crippen molar-refractivity contribution < 1.29 is 18.6 Å². The number of nitrogens with one attached hydrogen (secondary N) is 2. The Morgan fingerprint density at radius 1 is 0.875 bits per heavy atom. The highest BCUT2D eigenvalue weighted by molar-refractivity contribution is 5.48. The van der Waals surface area contributed by atoms with E-state index in [0.717, 1.165) is 32.7 Å². The first-order valence-corrected chi connectivity index (χ1v) is 8.53. The molecular formula is C20H24F2N2+2. The van der Waals surface area contributed by atoms with Gasteiger partial charge in [-0.25, -0.2) is 8.78 Å².